The number of nitrogens with one attached hydrogen (secondary N) is 1. The van der Waals surface area contributed by atoms with Crippen LogP contribution in [0.1, 0.15) is 25.2 Å². The lowest BCUT2D eigenvalue weighted by atomic mass is 10.1. The van der Waals surface area contributed by atoms with Gasteiger partial charge < -0.3 is 10.4 Å². The molecule has 0 fully saturated rings. The van der Waals surface area contributed by atoms with Crippen molar-refractivity contribution >= 4 is 11.9 Å². The molecule has 0 spiro atoms. The molecule has 0 aromatic carbocycles. The summed E-state index contributed by atoms with van der Waals surface area (Å²) in [6, 6.07) is 2.66. The van der Waals surface area contributed by atoms with Gasteiger partial charge in [0, 0.05) is 5.69 Å². The number of carboxylic acid groups (broad SMARTS) is 1. The van der Waals surface area contributed by atoms with Gasteiger partial charge in [-0.1, -0.05) is 13.8 Å². The molecule has 1 heterocycles. The topological polar surface area (TPSA) is 98.9 Å². The zero-order chi connectivity index (χ0) is 13.0. The second-order valence-corrected chi connectivity index (χ2v) is 4.03. The standard InChI is InChI=1S/C11H14N4O2/c1-6(2)9(10(16)17)15-11-13-7(3)4-8(5-12)14-11/h4,6,9H,1-3H3,(H,16,17)(H,13,14,15)/t9-/m1/s1. The molecule has 0 radical (unpaired) electrons. The fraction of sp³-hybridized carbons (Fsp3) is 0.455. The number of carboxylic acids is 1. The van der Waals surface area contributed by atoms with Crippen LogP contribution >= 0.6 is 0 Å². The predicted molar refractivity (Wildman–Crippen MR) is 61.4 cm³/mol. The Morgan fingerprint density at radius 1 is 1.53 bits per heavy atom. The van der Waals surface area contributed by atoms with Crippen molar-refractivity contribution in [1.29, 1.82) is 5.26 Å². The highest BCUT2D eigenvalue weighted by molar-refractivity contribution is 5.76. The maximum absolute atomic E-state index is 11.0. The van der Waals surface area contributed by atoms with Crippen LogP contribution in [-0.2, 0) is 4.79 Å². The molecule has 0 bridgehead atoms. The van der Waals surface area contributed by atoms with E-state index in [9.17, 15) is 4.79 Å². The van der Waals surface area contributed by atoms with Gasteiger partial charge in [-0.2, -0.15) is 5.26 Å². The minimum Gasteiger partial charge on any atom is -0.480 e. The molecular weight excluding hydrogens is 220 g/mol. The smallest absolute Gasteiger partial charge is 0.326 e. The highest BCUT2D eigenvalue weighted by atomic mass is 16.4. The number of carbonyl (C=O) groups is 1. The molecule has 0 saturated heterocycles. The number of hydrogen-bond donors (Lipinski definition) is 2. The summed E-state index contributed by atoms with van der Waals surface area (Å²) in [4.78, 5) is 19.0. The van der Waals surface area contributed by atoms with Gasteiger partial charge in [0.25, 0.3) is 0 Å². The molecule has 0 unspecified atom stereocenters. The lowest BCUT2D eigenvalue weighted by Gasteiger charge is -2.17. The summed E-state index contributed by atoms with van der Waals surface area (Å²) in [5.41, 5.74) is 0.833. The zero-order valence-corrected chi connectivity index (χ0v) is 9.93. The Morgan fingerprint density at radius 2 is 2.18 bits per heavy atom. The van der Waals surface area contributed by atoms with E-state index in [0.29, 0.717) is 5.69 Å². The molecule has 1 aromatic heterocycles. The number of rotatable bonds is 4. The van der Waals surface area contributed by atoms with Crippen LogP contribution in [0.25, 0.3) is 0 Å². The van der Waals surface area contributed by atoms with E-state index in [1.165, 1.54) is 6.07 Å². The number of aryl methyl sites for hydroxylation is 1. The lowest BCUT2D eigenvalue weighted by molar-refractivity contribution is -0.138. The minimum atomic E-state index is -0.969. The first-order valence-corrected chi connectivity index (χ1v) is 5.19. The Bertz CT molecular complexity index is 465. The third-order valence-electron chi connectivity index (χ3n) is 2.19. The number of aromatic nitrogens is 2. The number of nitriles is 1. The largest absolute Gasteiger partial charge is 0.480 e. The van der Waals surface area contributed by atoms with E-state index >= 15 is 0 Å². The SMILES string of the molecule is Cc1cc(C#N)nc(N[C@@H](C(=O)O)C(C)C)n1. The molecule has 0 amide bonds. The van der Waals surface area contributed by atoms with E-state index < -0.39 is 12.0 Å². The summed E-state index contributed by atoms with van der Waals surface area (Å²) >= 11 is 0. The normalized spacial score (nSPS) is 11.9. The van der Waals surface area contributed by atoms with Gasteiger partial charge in [0.1, 0.15) is 17.8 Å². The summed E-state index contributed by atoms with van der Waals surface area (Å²) in [5.74, 6) is -0.909. The van der Waals surface area contributed by atoms with Gasteiger partial charge in [0.2, 0.25) is 5.95 Å². The van der Waals surface area contributed by atoms with Crippen LogP contribution in [0, 0.1) is 24.2 Å². The molecule has 2 N–H and O–H groups in total. The van der Waals surface area contributed by atoms with Gasteiger partial charge in [-0.05, 0) is 18.9 Å². The highest BCUT2D eigenvalue weighted by Gasteiger charge is 2.22. The van der Waals surface area contributed by atoms with Crippen LogP contribution < -0.4 is 5.32 Å². The predicted octanol–water partition coefficient (Wildman–Crippen LogP) is 1.18. The maximum atomic E-state index is 11.0. The molecule has 17 heavy (non-hydrogen) atoms. The molecule has 6 heteroatoms. The van der Waals surface area contributed by atoms with Crippen LogP contribution in [0.2, 0.25) is 0 Å². The summed E-state index contributed by atoms with van der Waals surface area (Å²) in [7, 11) is 0. The molecule has 0 aliphatic heterocycles. The van der Waals surface area contributed by atoms with Crippen molar-refractivity contribution in [2.24, 2.45) is 5.92 Å². The summed E-state index contributed by atoms with van der Waals surface area (Å²) in [6.45, 7) is 5.29. The van der Waals surface area contributed by atoms with Crippen molar-refractivity contribution in [2.45, 2.75) is 26.8 Å². The van der Waals surface area contributed by atoms with Crippen LogP contribution in [-0.4, -0.2) is 27.1 Å². The number of nitrogens with zero attached hydrogens (tertiary/aromatic N) is 3. The molecule has 6 nitrogen and oxygen atoms in total. The monoisotopic (exact) mass is 234 g/mol. The lowest BCUT2D eigenvalue weighted by Crippen LogP contribution is -2.35. The zero-order valence-electron chi connectivity index (χ0n) is 9.93. The van der Waals surface area contributed by atoms with Gasteiger partial charge in [-0.25, -0.2) is 14.8 Å². The molecule has 90 valence electrons. The quantitative estimate of drug-likeness (QED) is 0.811. The van der Waals surface area contributed by atoms with E-state index in [-0.39, 0.29) is 17.6 Å². The van der Waals surface area contributed by atoms with Gasteiger partial charge in [0.05, 0.1) is 0 Å². The van der Waals surface area contributed by atoms with Crippen LogP contribution in [0.5, 0.6) is 0 Å². The van der Waals surface area contributed by atoms with Gasteiger partial charge in [-0.3, -0.25) is 0 Å². The Labute approximate surface area is 99.3 Å². The Kier molecular flexibility index (Phi) is 3.99. The second-order valence-electron chi connectivity index (χ2n) is 4.03. The average Bonchev–Trinajstić information content (AvgIpc) is 2.24. The van der Waals surface area contributed by atoms with Crippen molar-refractivity contribution < 1.29 is 9.90 Å². The molecule has 1 atom stereocenters. The minimum absolute atomic E-state index is 0.109. The van der Waals surface area contributed by atoms with Gasteiger partial charge in [0.15, 0.2) is 0 Å². The molecule has 0 saturated carbocycles. The Hall–Kier alpha value is -2.16. The first kappa shape index (κ1) is 12.9. The molecule has 1 aromatic rings. The van der Waals surface area contributed by atoms with Crippen LogP contribution in [0.15, 0.2) is 6.07 Å². The third-order valence-corrected chi connectivity index (χ3v) is 2.19. The fourth-order valence-corrected chi connectivity index (χ4v) is 1.34. The third kappa shape index (κ3) is 3.41. The van der Waals surface area contributed by atoms with E-state index in [1.54, 1.807) is 20.8 Å². The number of aliphatic carboxylic acids is 1. The Balaban J connectivity index is 2.98. The van der Waals surface area contributed by atoms with Gasteiger partial charge in [-0.15, -0.1) is 0 Å². The van der Waals surface area contributed by atoms with Crippen LogP contribution in [0.3, 0.4) is 0 Å². The summed E-state index contributed by atoms with van der Waals surface area (Å²) < 4.78 is 0. The van der Waals surface area contributed by atoms with E-state index in [1.807, 2.05) is 6.07 Å². The fourth-order valence-electron chi connectivity index (χ4n) is 1.34. The number of anilines is 1. The van der Waals surface area contributed by atoms with E-state index in [0.717, 1.165) is 0 Å². The van der Waals surface area contributed by atoms with Crippen molar-refractivity contribution in [3.63, 3.8) is 0 Å². The molecule has 0 aliphatic carbocycles. The maximum Gasteiger partial charge on any atom is 0.326 e. The van der Waals surface area contributed by atoms with E-state index in [4.69, 9.17) is 10.4 Å². The van der Waals surface area contributed by atoms with Crippen LogP contribution in [0.4, 0.5) is 5.95 Å². The summed E-state index contributed by atoms with van der Waals surface area (Å²) in [5, 5.41) is 20.5. The highest BCUT2D eigenvalue weighted by Crippen LogP contribution is 2.10. The second kappa shape index (κ2) is 5.25. The number of hydrogen-bond acceptors (Lipinski definition) is 5. The van der Waals surface area contributed by atoms with E-state index in [2.05, 4.69) is 15.3 Å². The van der Waals surface area contributed by atoms with Crippen molar-refractivity contribution in [2.75, 3.05) is 5.32 Å². The van der Waals surface area contributed by atoms with Crippen molar-refractivity contribution in [1.82, 2.24) is 9.97 Å². The van der Waals surface area contributed by atoms with Crippen molar-refractivity contribution in [3.8, 4) is 6.07 Å². The van der Waals surface area contributed by atoms with Crippen molar-refractivity contribution in [3.05, 3.63) is 17.5 Å². The molecular formula is C11H14N4O2. The first-order valence-electron chi connectivity index (χ1n) is 5.19. The molecule has 1 rings (SSSR count). The van der Waals surface area contributed by atoms with Gasteiger partial charge >= 0.3 is 5.97 Å². The summed E-state index contributed by atoms with van der Waals surface area (Å²) in [6.07, 6.45) is 0. The molecule has 0 aliphatic rings. The Morgan fingerprint density at radius 3 is 2.65 bits per heavy atom. The first-order chi connectivity index (χ1) is 7.93. The average molecular weight is 234 g/mol.